The summed E-state index contributed by atoms with van der Waals surface area (Å²) >= 11 is 12.0. The molecule has 0 amide bonds. The minimum atomic E-state index is 0.295. The van der Waals surface area contributed by atoms with Crippen LogP contribution in [0.5, 0.6) is 5.75 Å². The van der Waals surface area contributed by atoms with Crippen molar-refractivity contribution in [2.45, 2.75) is 13.5 Å². The number of fused-ring (bicyclic) bond motifs is 1. The number of hydrogen-bond acceptors (Lipinski definition) is 3. The second kappa shape index (κ2) is 5.88. The lowest BCUT2D eigenvalue weighted by molar-refractivity contribution is 0.300. The third-order valence-corrected chi connectivity index (χ3v) is 3.65. The number of rotatable bonds is 3. The zero-order valence-electron chi connectivity index (χ0n) is 11.3. The van der Waals surface area contributed by atoms with E-state index in [-0.39, 0.29) is 0 Å². The first-order valence-corrected chi connectivity index (χ1v) is 7.19. The van der Waals surface area contributed by atoms with Gasteiger partial charge in [-0.2, -0.15) is 0 Å². The number of nitrogens with zero attached hydrogens (tertiary/aromatic N) is 2. The highest BCUT2D eigenvalue weighted by Crippen LogP contribution is 2.28. The number of ether oxygens (including phenoxy) is 1. The third-order valence-electron chi connectivity index (χ3n) is 3.10. The Morgan fingerprint density at radius 3 is 2.48 bits per heavy atom. The predicted molar refractivity (Wildman–Crippen MR) is 85.1 cm³/mol. The number of halogens is 2. The molecule has 0 saturated heterocycles. The Labute approximate surface area is 132 Å². The highest BCUT2D eigenvalue weighted by molar-refractivity contribution is 6.34. The molecule has 0 unspecified atom stereocenters. The molecule has 0 bridgehead atoms. The third kappa shape index (κ3) is 3.09. The molecule has 0 aliphatic rings. The maximum atomic E-state index is 6.08. The molecule has 1 aromatic heterocycles. The molecule has 5 heteroatoms. The van der Waals surface area contributed by atoms with Crippen LogP contribution in [0.15, 0.2) is 42.5 Å². The maximum Gasteiger partial charge on any atom is 0.139 e. The van der Waals surface area contributed by atoms with Gasteiger partial charge in [-0.1, -0.05) is 35.3 Å². The van der Waals surface area contributed by atoms with Gasteiger partial charge in [0, 0.05) is 11.1 Å². The van der Waals surface area contributed by atoms with Crippen molar-refractivity contribution in [1.29, 1.82) is 0 Å². The largest absolute Gasteiger partial charge is 0.486 e. The minimum absolute atomic E-state index is 0.295. The van der Waals surface area contributed by atoms with Crippen molar-refractivity contribution in [3.8, 4) is 5.75 Å². The van der Waals surface area contributed by atoms with Crippen LogP contribution in [0.25, 0.3) is 11.0 Å². The van der Waals surface area contributed by atoms with Crippen LogP contribution in [-0.4, -0.2) is 9.97 Å². The van der Waals surface area contributed by atoms with Crippen LogP contribution in [0.2, 0.25) is 10.0 Å². The zero-order valence-corrected chi connectivity index (χ0v) is 12.8. The van der Waals surface area contributed by atoms with Crippen molar-refractivity contribution >= 4 is 34.2 Å². The molecule has 106 valence electrons. The van der Waals surface area contributed by atoms with Crippen LogP contribution < -0.4 is 4.74 Å². The van der Waals surface area contributed by atoms with E-state index in [0.717, 1.165) is 22.4 Å². The zero-order chi connectivity index (χ0) is 14.8. The summed E-state index contributed by atoms with van der Waals surface area (Å²) in [6, 6.07) is 12.9. The number of para-hydroxylation sites is 2. The lowest BCUT2D eigenvalue weighted by atomic mass is 10.2. The molecule has 0 radical (unpaired) electrons. The van der Waals surface area contributed by atoms with Gasteiger partial charge in [0.25, 0.3) is 0 Å². The number of benzene rings is 2. The second-order valence-electron chi connectivity index (χ2n) is 4.61. The summed E-state index contributed by atoms with van der Waals surface area (Å²) < 4.78 is 5.71. The van der Waals surface area contributed by atoms with Gasteiger partial charge in [0.1, 0.15) is 12.4 Å². The van der Waals surface area contributed by atoms with E-state index < -0.39 is 0 Å². The van der Waals surface area contributed by atoms with Crippen molar-refractivity contribution in [3.05, 3.63) is 63.9 Å². The molecule has 0 saturated carbocycles. The van der Waals surface area contributed by atoms with E-state index in [1.807, 2.05) is 31.2 Å². The van der Waals surface area contributed by atoms with Crippen molar-refractivity contribution < 1.29 is 4.74 Å². The number of hydrogen-bond donors (Lipinski definition) is 0. The summed E-state index contributed by atoms with van der Waals surface area (Å²) in [5, 5.41) is 1.10. The summed E-state index contributed by atoms with van der Waals surface area (Å²) in [5.74, 6) is 0.540. The molecule has 2 aromatic carbocycles. The van der Waals surface area contributed by atoms with E-state index in [0.29, 0.717) is 22.4 Å². The van der Waals surface area contributed by atoms with E-state index in [1.165, 1.54) is 0 Å². The minimum Gasteiger partial charge on any atom is -0.486 e. The lowest BCUT2D eigenvalue weighted by Crippen LogP contribution is -2.03. The Kier molecular flexibility index (Phi) is 3.95. The quantitative estimate of drug-likeness (QED) is 0.694. The summed E-state index contributed by atoms with van der Waals surface area (Å²) in [5.41, 5.74) is 3.34. The molecule has 3 nitrogen and oxygen atoms in total. The maximum absolute atomic E-state index is 6.08. The summed E-state index contributed by atoms with van der Waals surface area (Å²) in [6.07, 6.45) is 0. The molecule has 0 aliphatic heterocycles. The van der Waals surface area contributed by atoms with Gasteiger partial charge in [-0.05, 0) is 31.2 Å². The SMILES string of the molecule is Cc1nc2ccccc2nc1COc1cc(Cl)ccc1Cl. The molecule has 0 aliphatic carbocycles. The topological polar surface area (TPSA) is 35.0 Å². The predicted octanol–water partition coefficient (Wildman–Crippen LogP) is 4.82. The van der Waals surface area contributed by atoms with Crippen LogP contribution in [-0.2, 0) is 6.61 Å². The molecule has 0 atom stereocenters. The molecular formula is C16H12Cl2N2O. The Hall–Kier alpha value is -1.84. The second-order valence-corrected chi connectivity index (χ2v) is 5.45. The van der Waals surface area contributed by atoms with Crippen molar-refractivity contribution in [3.63, 3.8) is 0 Å². The first-order chi connectivity index (χ1) is 10.1. The monoisotopic (exact) mass is 318 g/mol. The van der Waals surface area contributed by atoms with Crippen LogP contribution in [0, 0.1) is 6.92 Å². The summed E-state index contributed by atoms with van der Waals surface area (Å²) in [7, 11) is 0. The van der Waals surface area contributed by atoms with E-state index >= 15 is 0 Å². The van der Waals surface area contributed by atoms with Gasteiger partial charge in [-0.25, -0.2) is 9.97 Å². The first kappa shape index (κ1) is 14.1. The van der Waals surface area contributed by atoms with Crippen LogP contribution in [0.3, 0.4) is 0 Å². The molecule has 0 N–H and O–H groups in total. The molecule has 0 spiro atoms. The van der Waals surface area contributed by atoms with E-state index in [1.54, 1.807) is 18.2 Å². The Balaban J connectivity index is 1.88. The highest BCUT2D eigenvalue weighted by atomic mass is 35.5. The molecular weight excluding hydrogens is 307 g/mol. The number of aryl methyl sites for hydroxylation is 1. The molecule has 21 heavy (non-hydrogen) atoms. The fourth-order valence-electron chi connectivity index (χ4n) is 2.00. The van der Waals surface area contributed by atoms with Crippen molar-refractivity contribution in [2.24, 2.45) is 0 Å². The average molecular weight is 319 g/mol. The normalized spacial score (nSPS) is 10.8. The van der Waals surface area contributed by atoms with Gasteiger partial charge in [-0.15, -0.1) is 0 Å². The lowest BCUT2D eigenvalue weighted by Gasteiger charge is -2.10. The summed E-state index contributed by atoms with van der Waals surface area (Å²) in [6.45, 7) is 2.21. The van der Waals surface area contributed by atoms with Gasteiger partial charge in [-0.3, -0.25) is 0 Å². The van der Waals surface area contributed by atoms with Crippen LogP contribution in [0.4, 0.5) is 0 Å². The van der Waals surface area contributed by atoms with Crippen molar-refractivity contribution in [1.82, 2.24) is 9.97 Å². The van der Waals surface area contributed by atoms with Gasteiger partial charge in [0.15, 0.2) is 0 Å². The van der Waals surface area contributed by atoms with Gasteiger partial charge in [0.2, 0.25) is 0 Å². The van der Waals surface area contributed by atoms with Crippen molar-refractivity contribution in [2.75, 3.05) is 0 Å². The standard InChI is InChI=1S/C16H12Cl2N2O/c1-10-15(20-14-5-3-2-4-13(14)19-10)9-21-16-8-11(17)6-7-12(16)18/h2-8H,9H2,1H3. The Morgan fingerprint density at radius 1 is 1.00 bits per heavy atom. The molecule has 3 aromatic rings. The van der Waals surface area contributed by atoms with Crippen LogP contribution in [0.1, 0.15) is 11.4 Å². The highest BCUT2D eigenvalue weighted by Gasteiger charge is 2.08. The number of aromatic nitrogens is 2. The van der Waals surface area contributed by atoms with E-state index in [4.69, 9.17) is 27.9 Å². The Bertz CT molecular complexity index is 805. The van der Waals surface area contributed by atoms with E-state index in [9.17, 15) is 0 Å². The molecule has 0 fully saturated rings. The summed E-state index contributed by atoms with van der Waals surface area (Å²) in [4.78, 5) is 9.10. The molecule has 1 heterocycles. The fraction of sp³-hybridized carbons (Fsp3) is 0.125. The smallest absolute Gasteiger partial charge is 0.139 e. The average Bonchev–Trinajstić information content (AvgIpc) is 2.48. The van der Waals surface area contributed by atoms with Gasteiger partial charge in [0.05, 0.1) is 27.4 Å². The van der Waals surface area contributed by atoms with E-state index in [2.05, 4.69) is 9.97 Å². The van der Waals surface area contributed by atoms with Crippen LogP contribution >= 0.6 is 23.2 Å². The fourth-order valence-corrected chi connectivity index (χ4v) is 2.33. The van der Waals surface area contributed by atoms with Gasteiger partial charge < -0.3 is 4.74 Å². The first-order valence-electron chi connectivity index (χ1n) is 6.43. The Morgan fingerprint density at radius 2 is 1.71 bits per heavy atom. The van der Waals surface area contributed by atoms with Gasteiger partial charge >= 0.3 is 0 Å². The molecule has 3 rings (SSSR count).